The predicted octanol–water partition coefficient (Wildman–Crippen LogP) is 3.29. The fraction of sp³-hybridized carbons (Fsp3) is 0.455. The van der Waals surface area contributed by atoms with Crippen LogP contribution in [-0.4, -0.2) is 6.61 Å². The van der Waals surface area contributed by atoms with Crippen LogP contribution in [0.4, 0.5) is 0 Å². The number of rotatable bonds is 5. The van der Waals surface area contributed by atoms with E-state index in [4.69, 9.17) is 10.3 Å². The Hall–Kier alpha value is -1.67. The normalized spacial score (nSPS) is 14.4. The molecular weight excluding hydrogens is 190 g/mol. The molecule has 0 amide bonds. The van der Waals surface area contributed by atoms with Crippen LogP contribution in [0.15, 0.2) is 29.4 Å². The molecule has 0 N–H and O–H groups in total. The second-order valence-electron chi connectivity index (χ2n) is 3.79. The van der Waals surface area contributed by atoms with Crippen LogP contribution in [0.3, 0.4) is 0 Å². The Morgan fingerprint density at radius 2 is 2.33 bits per heavy atom. The van der Waals surface area contributed by atoms with Gasteiger partial charge < -0.3 is 4.74 Å². The minimum atomic E-state index is 0.386. The van der Waals surface area contributed by atoms with Crippen LogP contribution < -0.4 is 4.74 Å². The minimum Gasteiger partial charge on any atom is -0.493 e. The van der Waals surface area contributed by atoms with Crippen LogP contribution >= 0.6 is 0 Å². The van der Waals surface area contributed by atoms with Gasteiger partial charge in [0, 0.05) is 4.91 Å². The molecule has 78 valence electrons. The van der Waals surface area contributed by atoms with Crippen molar-refractivity contribution in [2.75, 3.05) is 6.61 Å². The minimum absolute atomic E-state index is 0.386. The van der Waals surface area contributed by atoms with E-state index in [1.54, 1.807) is 0 Å². The summed E-state index contributed by atoms with van der Waals surface area (Å²) in [5, 5.41) is 3.52. The van der Waals surface area contributed by atoms with Crippen LogP contribution in [0.25, 0.3) is 10.4 Å². The van der Waals surface area contributed by atoms with Crippen molar-refractivity contribution in [2.24, 2.45) is 11.0 Å². The Balaban J connectivity index is 1.94. The van der Waals surface area contributed by atoms with Gasteiger partial charge in [-0.05, 0) is 42.0 Å². The molecule has 0 aliphatic heterocycles. The molecule has 2 rings (SSSR count). The number of nitrogens with zero attached hydrogens (tertiary/aromatic N) is 3. The lowest BCUT2D eigenvalue weighted by molar-refractivity contribution is 0.299. The van der Waals surface area contributed by atoms with E-state index in [1.165, 1.54) is 12.8 Å². The van der Waals surface area contributed by atoms with E-state index in [2.05, 4.69) is 10.0 Å². The summed E-state index contributed by atoms with van der Waals surface area (Å²) in [5.41, 5.74) is 9.20. The maximum atomic E-state index is 8.21. The van der Waals surface area contributed by atoms with Crippen LogP contribution in [0, 0.1) is 5.92 Å². The molecule has 4 nitrogen and oxygen atoms in total. The summed E-state index contributed by atoms with van der Waals surface area (Å²) in [5.74, 6) is 1.62. The zero-order valence-corrected chi connectivity index (χ0v) is 8.47. The second kappa shape index (κ2) is 4.71. The van der Waals surface area contributed by atoms with Crippen LogP contribution in [0.5, 0.6) is 5.75 Å². The Bertz CT molecular complexity index is 381. The maximum Gasteiger partial charge on any atom is 0.119 e. The van der Waals surface area contributed by atoms with Crippen molar-refractivity contribution in [1.29, 1.82) is 0 Å². The van der Waals surface area contributed by atoms with E-state index in [9.17, 15) is 0 Å². The van der Waals surface area contributed by atoms with Crippen LogP contribution in [0.2, 0.25) is 0 Å². The topological polar surface area (TPSA) is 58.0 Å². The van der Waals surface area contributed by atoms with Crippen molar-refractivity contribution in [3.8, 4) is 5.75 Å². The molecule has 15 heavy (non-hydrogen) atoms. The molecule has 0 spiro atoms. The Kier molecular flexibility index (Phi) is 3.10. The highest BCUT2D eigenvalue weighted by molar-refractivity contribution is 5.28. The largest absolute Gasteiger partial charge is 0.493 e. The maximum absolute atomic E-state index is 8.21. The first-order valence-electron chi connectivity index (χ1n) is 5.11. The third kappa shape index (κ3) is 3.18. The summed E-state index contributed by atoms with van der Waals surface area (Å²) in [6, 6.07) is 7.71. The van der Waals surface area contributed by atoms with E-state index in [0.717, 1.165) is 23.8 Å². The van der Waals surface area contributed by atoms with Gasteiger partial charge in [0.2, 0.25) is 0 Å². The Labute approximate surface area is 88.5 Å². The quantitative estimate of drug-likeness (QED) is 0.411. The van der Waals surface area contributed by atoms with E-state index in [-0.39, 0.29) is 0 Å². The van der Waals surface area contributed by atoms with Crippen LogP contribution in [0.1, 0.15) is 18.4 Å². The van der Waals surface area contributed by atoms with Crippen molar-refractivity contribution in [2.45, 2.75) is 19.4 Å². The predicted molar refractivity (Wildman–Crippen MR) is 57.5 cm³/mol. The number of benzene rings is 1. The third-order valence-corrected chi connectivity index (χ3v) is 2.40. The first-order valence-corrected chi connectivity index (χ1v) is 5.11. The summed E-state index contributed by atoms with van der Waals surface area (Å²) in [7, 11) is 0. The number of hydrogen-bond donors (Lipinski definition) is 0. The standard InChI is InChI=1S/C11H13N3O/c12-14-13-7-10-2-1-3-11(6-10)15-8-9-4-5-9/h1-3,6,9H,4-5,7-8H2. The molecule has 0 saturated heterocycles. The van der Waals surface area contributed by atoms with Gasteiger partial charge in [-0.2, -0.15) is 0 Å². The molecule has 1 saturated carbocycles. The molecule has 1 fully saturated rings. The lowest BCUT2D eigenvalue weighted by Crippen LogP contribution is -1.99. The fourth-order valence-corrected chi connectivity index (χ4v) is 1.35. The Morgan fingerprint density at radius 3 is 3.07 bits per heavy atom. The first-order chi connectivity index (χ1) is 7.38. The average molecular weight is 203 g/mol. The van der Waals surface area contributed by atoms with Crippen molar-refractivity contribution >= 4 is 0 Å². The highest BCUT2D eigenvalue weighted by Crippen LogP contribution is 2.29. The van der Waals surface area contributed by atoms with Gasteiger partial charge >= 0.3 is 0 Å². The molecule has 0 heterocycles. The van der Waals surface area contributed by atoms with Gasteiger partial charge in [-0.3, -0.25) is 0 Å². The fourth-order valence-electron chi connectivity index (χ4n) is 1.35. The third-order valence-electron chi connectivity index (χ3n) is 2.40. The Morgan fingerprint density at radius 1 is 1.47 bits per heavy atom. The van der Waals surface area contributed by atoms with E-state index < -0.39 is 0 Å². The van der Waals surface area contributed by atoms with Crippen molar-refractivity contribution in [1.82, 2.24) is 0 Å². The number of hydrogen-bond acceptors (Lipinski definition) is 2. The summed E-state index contributed by atoms with van der Waals surface area (Å²) >= 11 is 0. The van der Waals surface area contributed by atoms with Gasteiger partial charge in [-0.1, -0.05) is 17.2 Å². The highest BCUT2D eigenvalue weighted by atomic mass is 16.5. The molecule has 0 unspecified atom stereocenters. The zero-order chi connectivity index (χ0) is 10.5. The van der Waals surface area contributed by atoms with Gasteiger partial charge in [0.05, 0.1) is 13.2 Å². The van der Waals surface area contributed by atoms with E-state index in [1.807, 2.05) is 24.3 Å². The van der Waals surface area contributed by atoms with E-state index >= 15 is 0 Å². The highest BCUT2D eigenvalue weighted by Gasteiger charge is 2.21. The molecule has 1 aliphatic carbocycles. The lowest BCUT2D eigenvalue weighted by atomic mass is 10.2. The van der Waals surface area contributed by atoms with Crippen LogP contribution in [-0.2, 0) is 6.54 Å². The number of ether oxygens (including phenoxy) is 1. The molecule has 4 heteroatoms. The molecule has 1 aliphatic rings. The van der Waals surface area contributed by atoms with Gasteiger partial charge in [0.15, 0.2) is 0 Å². The summed E-state index contributed by atoms with van der Waals surface area (Å²) in [6.45, 7) is 1.20. The lowest BCUT2D eigenvalue weighted by Gasteiger charge is -2.05. The second-order valence-corrected chi connectivity index (χ2v) is 3.79. The number of azide groups is 1. The first kappa shape index (κ1) is 9.87. The molecule has 1 aromatic rings. The SMILES string of the molecule is [N-]=[N+]=NCc1cccc(OCC2CC2)c1. The van der Waals surface area contributed by atoms with Gasteiger partial charge in [0.25, 0.3) is 0 Å². The van der Waals surface area contributed by atoms with E-state index in [0.29, 0.717) is 6.54 Å². The van der Waals surface area contributed by atoms with Gasteiger partial charge in [-0.25, -0.2) is 0 Å². The summed E-state index contributed by atoms with van der Waals surface area (Å²) in [4.78, 5) is 2.73. The van der Waals surface area contributed by atoms with Crippen molar-refractivity contribution in [3.05, 3.63) is 40.3 Å². The van der Waals surface area contributed by atoms with Crippen molar-refractivity contribution in [3.63, 3.8) is 0 Å². The molecule has 0 radical (unpaired) electrons. The molecule has 1 aromatic carbocycles. The zero-order valence-electron chi connectivity index (χ0n) is 8.47. The van der Waals surface area contributed by atoms with Crippen molar-refractivity contribution < 1.29 is 4.74 Å². The summed E-state index contributed by atoms with van der Waals surface area (Å²) in [6.07, 6.45) is 2.58. The smallest absolute Gasteiger partial charge is 0.119 e. The van der Waals surface area contributed by atoms with Gasteiger partial charge in [-0.15, -0.1) is 0 Å². The molecule has 0 atom stereocenters. The van der Waals surface area contributed by atoms with Gasteiger partial charge in [0.1, 0.15) is 5.75 Å². The summed E-state index contributed by atoms with van der Waals surface area (Å²) < 4.78 is 5.62. The monoisotopic (exact) mass is 203 g/mol. The molecule has 0 aromatic heterocycles. The molecular formula is C11H13N3O. The average Bonchev–Trinajstić information content (AvgIpc) is 3.08. The molecule has 0 bridgehead atoms.